The van der Waals surface area contributed by atoms with E-state index in [9.17, 15) is 4.39 Å². The summed E-state index contributed by atoms with van der Waals surface area (Å²) in [5.74, 6) is -0.254. The largest absolute Gasteiger partial charge is 0.328 e. The number of hydrogen-bond acceptors (Lipinski definition) is 2. The summed E-state index contributed by atoms with van der Waals surface area (Å²) in [6.45, 7) is 4.76. The Hall–Kier alpha value is -1.20. The lowest BCUT2D eigenvalue weighted by Gasteiger charge is -2.14. The second kappa shape index (κ2) is 4.98. The third kappa shape index (κ3) is 2.40. The number of benzene rings is 1. The van der Waals surface area contributed by atoms with Gasteiger partial charge >= 0.3 is 0 Å². The Bertz CT molecular complexity index is 573. The monoisotopic (exact) mass is 253 g/mol. The van der Waals surface area contributed by atoms with Crippen LogP contribution in [0.4, 0.5) is 4.39 Å². The number of nitrogens with zero attached hydrogens (tertiary/aromatic N) is 2. The third-order valence-corrected chi connectivity index (χ3v) is 3.33. The topological polar surface area (TPSA) is 24.0 Å². The smallest absolute Gasteiger partial charge is 0.178 e. The molecule has 0 unspecified atom stereocenters. The molecule has 1 aromatic heterocycles. The van der Waals surface area contributed by atoms with E-state index < -0.39 is 0 Å². The highest BCUT2D eigenvalue weighted by Crippen LogP contribution is 2.17. The summed E-state index contributed by atoms with van der Waals surface area (Å²) in [4.78, 5) is 5.12. The second-order valence-electron chi connectivity index (χ2n) is 4.11. The lowest BCUT2D eigenvalue weighted by molar-refractivity contribution is 0.336. The first-order valence-electron chi connectivity index (χ1n) is 5.69. The summed E-state index contributed by atoms with van der Waals surface area (Å²) in [6.07, 6.45) is 0. The minimum Gasteiger partial charge on any atom is -0.328 e. The summed E-state index contributed by atoms with van der Waals surface area (Å²) in [5, 5.41) is 0. The number of fused-ring (bicyclic) bond motifs is 1. The van der Waals surface area contributed by atoms with Crippen LogP contribution in [-0.2, 0) is 6.54 Å². The Morgan fingerprint density at radius 2 is 2.24 bits per heavy atom. The fraction of sp³-hybridized carbons (Fsp3) is 0.417. The van der Waals surface area contributed by atoms with E-state index in [2.05, 4.69) is 23.9 Å². The van der Waals surface area contributed by atoms with E-state index in [1.807, 2.05) is 10.6 Å². The van der Waals surface area contributed by atoms with Crippen LogP contribution >= 0.6 is 12.2 Å². The van der Waals surface area contributed by atoms with Crippen molar-refractivity contribution in [3.05, 3.63) is 28.8 Å². The fourth-order valence-electron chi connectivity index (χ4n) is 1.80. The zero-order chi connectivity index (χ0) is 12.4. The molecule has 0 radical (unpaired) electrons. The third-order valence-electron chi connectivity index (χ3n) is 3.00. The van der Waals surface area contributed by atoms with Gasteiger partial charge in [-0.2, -0.15) is 0 Å². The minimum atomic E-state index is -0.254. The van der Waals surface area contributed by atoms with Crippen molar-refractivity contribution >= 4 is 23.3 Å². The van der Waals surface area contributed by atoms with Crippen molar-refractivity contribution in [2.75, 3.05) is 20.1 Å². The van der Waals surface area contributed by atoms with E-state index >= 15 is 0 Å². The van der Waals surface area contributed by atoms with Gasteiger partial charge in [0, 0.05) is 13.1 Å². The molecule has 0 aliphatic carbocycles. The summed E-state index contributed by atoms with van der Waals surface area (Å²) in [7, 11) is 2.05. The maximum Gasteiger partial charge on any atom is 0.178 e. The normalized spacial score (nSPS) is 11.5. The van der Waals surface area contributed by atoms with Crippen LogP contribution in [0, 0.1) is 10.6 Å². The molecule has 1 aromatic carbocycles. The Morgan fingerprint density at radius 1 is 1.47 bits per heavy atom. The quantitative estimate of drug-likeness (QED) is 0.847. The lowest BCUT2D eigenvalue weighted by atomic mass is 10.3. The molecule has 5 heteroatoms. The average molecular weight is 253 g/mol. The molecule has 0 aliphatic heterocycles. The van der Waals surface area contributed by atoms with Crippen molar-refractivity contribution in [3.63, 3.8) is 0 Å². The van der Waals surface area contributed by atoms with E-state index in [1.54, 1.807) is 6.07 Å². The highest BCUT2D eigenvalue weighted by molar-refractivity contribution is 7.71. The molecule has 1 heterocycles. The number of aromatic nitrogens is 2. The Kier molecular flexibility index (Phi) is 3.59. The van der Waals surface area contributed by atoms with Gasteiger partial charge in [-0.1, -0.05) is 13.0 Å². The van der Waals surface area contributed by atoms with E-state index in [-0.39, 0.29) is 5.82 Å². The van der Waals surface area contributed by atoms with Gasteiger partial charge in [-0.15, -0.1) is 0 Å². The van der Waals surface area contributed by atoms with Crippen molar-refractivity contribution in [2.45, 2.75) is 13.5 Å². The van der Waals surface area contributed by atoms with Crippen LogP contribution in [0.3, 0.4) is 0 Å². The fourth-order valence-corrected chi connectivity index (χ4v) is 2.09. The molecular formula is C12H16FN3S. The van der Waals surface area contributed by atoms with Crippen molar-refractivity contribution in [3.8, 4) is 0 Å². The highest BCUT2D eigenvalue weighted by atomic mass is 32.1. The van der Waals surface area contributed by atoms with Gasteiger partial charge in [0.25, 0.3) is 0 Å². The SMILES string of the molecule is CCN(C)CCn1c(=S)[nH]c2c(F)cccc21. The van der Waals surface area contributed by atoms with Crippen LogP contribution in [0.1, 0.15) is 6.92 Å². The summed E-state index contributed by atoms with van der Waals surface area (Å²) >= 11 is 5.22. The lowest BCUT2D eigenvalue weighted by Crippen LogP contribution is -2.22. The Labute approximate surface area is 105 Å². The molecule has 92 valence electrons. The molecule has 0 fully saturated rings. The molecule has 2 aromatic rings. The first kappa shape index (κ1) is 12.3. The van der Waals surface area contributed by atoms with Gasteiger partial charge in [-0.25, -0.2) is 4.39 Å². The Morgan fingerprint density at radius 3 is 2.94 bits per heavy atom. The second-order valence-corrected chi connectivity index (χ2v) is 4.50. The van der Waals surface area contributed by atoms with E-state index in [1.165, 1.54) is 6.07 Å². The molecule has 1 N–H and O–H groups in total. The van der Waals surface area contributed by atoms with Crippen molar-refractivity contribution in [2.24, 2.45) is 0 Å². The standard InChI is InChI=1S/C12H16FN3S/c1-3-15(2)7-8-16-10-6-4-5-9(13)11(10)14-12(16)17/h4-6H,3,7-8H2,1-2H3,(H,14,17). The first-order valence-corrected chi connectivity index (χ1v) is 6.10. The maximum atomic E-state index is 13.5. The zero-order valence-corrected chi connectivity index (χ0v) is 10.9. The van der Waals surface area contributed by atoms with Gasteiger partial charge in [0.05, 0.1) is 5.52 Å². The van der Waals surface area contributed by atoms with Crippen LogP contribution < -0.4 is 0 Å². The van der Waals surface area contributed by atoms with Crippen molar-refractivity contribution in [1.82, 2.24) is 14.5 Å². The van der Waals surface area contributed by atoms with Crippen LogP contribution in [0.2, 0.25) is 0 Å². The van der Waals surface area contributed by atoms with Gasteiger partial charge < -0.3 is 14.5 Å². The zero-order valence-electron chi connectivity index (χ0n) is 10.0. The summed E-state index contributed by atoms with van der Waals surface area (Å²) < 4.78 is 16.1. The molecule has 0 saturated carbocycles. The van der Waals surface area contributed by atoms with E-state index in [4.69, 9.17) is 12.2 Å². The number of para-hydroxylation sites is 1. The van der Waals surface area contributed by atoms with Gasteiger partial charge in [-0.3, -0.25) is 0 Å². The minimum absolute atomic E-state index is 0.254. The van der Waals surface area contributed by atoms with E-state index in [0.29, 0.717) is 10.3 Å². The van der Waals surface area contributed by atoms with E-state index in [0.717, 1.165) is 25.2 Å². The van der Waals surface area contributed by atoms with Crippen molar-refractivity contribution < 1.29 is 4.39 Å². The van der Waals surface area contributed by atoms with Gasteiger partial charge in [0.2, 0.25) is 0 Å². The molecule has 0 amide bonds. The maximum absolute atomic E-state index is 13.5. The molecule has 3 nitrogen and oxygen atoms in total. The van der Waals surface area contributed by atoms with Crippen LogP contribution in [-0.4, -0.2) is 34.6 Å². The molecule has 0 atom stereocenters. The summed E-state index contributed by atoms with van der Waals surface area (Å²) in [5.41, 5.74) is 1.33. The van der Waals surface area contributed by atoms with Gasteiger partial charge in [-0.05, 0) is 37.9 Å². The average Bonchev–Trinajstić information content (AvgIpc) is 2.64. The first-order chi connectivity index (χ1) is 8.13. The molecule has 0 aliphatic rings. The predicted octanol–water partition coefficient (Wildman–Crippen LogP) is 2.79. The summed E-state index contributed by atoms with van der Waals surface area (Å²) in [6, 6.07) is 5.03. The number of nitrogens with one attached hydrogen (secondary N) is 1. The number of halogens is 1. The van der Waals surface area contributed by atoms with Gasteiger partial charge in [0.15, 0.2) is 4.77 Å². The van der Waals surface area contributed by atoms with Crippen molar-refractivity contribution in [1.29, 1.82) is 0 Å². The number of aromatic amines is 1. The number of rotatable bonds is 4. The van der Waals surface area contributed by atoms with Gasteiger partial charge in [0.1, 0.15) is 11.3 Å². The highest BCUT2D eigenvalue weighted by Gasteiger charge is 2.08. The number of H-pyrrole nitrogens is 1. The molecule has 2 rings (SSSR count). The molecule has 17 heavy (non-hydrogen) atoms. The van der Waals surface area contributed by atoms with Crippen LogP contribution in [0.5, 0.6) is 0 Å². The molecule has 0 saturated heterocycles. The Balaban J connectivity index is 2.37. The number of hydrogen-bond donors (Lipinski definition) is 1. The molecular weight excluding hydrogens is 237 g/mol. The number of imidazole rings is 1. The molecule has 0 bridgehead atoms. The molecule has 0 spiro atoms. The number of likely N-dealkylation sites (N-methyl/N-ethyl adjacent to an activating group) is 1. The predicted molar refractivity (Wildman–Crippen MR) is 70.3 cm³/mol. The van der Waals surface area contributed by atoms with Crippen LogP contribution in [0.15, 0.2) is 18.2 Å². The van der Waals surface area contributed by atoms with Crippen LogP contribution in [0.25, 0.3) is 11.0 Å².